The molecule has 0 spiro atoms. The quantitative estimate of drug-likeness (QED) is 0.810. The molecule has 1 aliphatic rings. The van der Waals surface area contributed by atoms with Gasteiger partial charge in [-0.1, -0.05) is 11.6 Å². The second-order valence-electron chi connectivity index (χ2n) is 4.78. The van der Waals surface area contributed by atoms with Gasteiger partial charge in [-0.2, -0.15) is 0 Å². The van der Waals surface area contributed by atoms with Gasteiger partial charge in [0, 0.05) is 22.6 Å². The van der Waals surface area contributed by atoms with E-state index >= 15 is 0 Å². The molecule has 2 rings (SSSR count). The first-order chi connectivity index (χ1) is 9.34. The van der Waals surface area contributed by atoms with E-state index in [1.807, 2.05) is 6.92 Å². The molecule has 0 N–H and O–H groups in total. The van der Waals surface area contributed by atoms with Gasteiger partial charge in [0.05, 0.1) is 16.5 Å². The van der Waals surface area contributed by atoms with Crippen LogP contribution in [0.3, 0.4) is 0 Å². The van der Waals surface area contributed by atoms with Gasteiger partial charge in [-0.05, 0) is 47.5 Å². The highest BCUT2D eigenvalue weighted by Crippen LogP contribution is 2.25. The van der Waals surface area contributed by atoms with Gasteiger partial charge in [-0.15, -0.1) is 0 Å². The van der Waals surface area contributed by atoms with Crippen LogP contribution >= 0.6 is 27.5 Å². The van der Waals surface area contributed by atoms with Crippen molar-refractivity contribution in [1.82, 2.24) is 4.90 Å². The minimum absolute atomic E-state index is 0.0569. The number of benzene rings is 1. The predicted octanol–water partition coefficient (Wildman–Crippen LogP) is 2.75. The fraction of sp³-hybridized carbons (Fsp3) is 0.462. The number of halogens is 2. The number of carbonyl (C=O) groups excluding carboxylic acids is 1. The molecule has 0 radical (unpaired) electrons. The molecule has 1 unspecified atom stereocenters. The van der Waals surface area contributed by atoms with Crippen LogP contribution in [0.25, 0.3) is 0 Å². The molecule has 20 heavy (non-hydrogen) atoms. The first-order valence-corrected chi connectivity index (χ1v) is 9.29. The van der Waals surface area contributed by atoms with E-state index in [4.69, 9.17) is 11.6 Å². The average molecular weight is 381 g/mol. The number of carbonyl (C=O) groups is 1. The maximum Gasteiger partial charge on any atom is 0.254 e. The van der Waals surface area contributed by atoms with E-state index in [1.54, 1.807) is 23.1 Å². The molecule has 1 amide bonds. The molecule has 1 saturated heterocycles. The Morgan fingerprint density at radius 3 is 2.70 bits per heavy atom. The highest BCUT2D eigenvalue weighted by molar-refractivity contribution is 9.10. The summed E-state index contributed by atoms with van der Waals surface area (Å²) in [5.74, 6) is 0.0552. The molecule has 0 aliphatic carbocycles. The van der Waals surface area contributed by atoms with Crippen LogP contribution in [0, 0.1) is 0 Å². The molecule has 1 atom stereocenters. The molecule has 1 aromatic carbocycles. The van der Waals surface area contributed by atoms with E-state index in [9.17, 15) is 13.2 Å². The third-order valence-electron chi connectivity index (χ3n) is 3.42. The normalized spacial score (nSPS) is 20.9. The van der Waals surface area contributed by atoms with E-state index in [-0.39, 0.29) is 23.5 Å². The molecule has 1 aromatic rings. The lowest BCUT2D eigenvalue weighted by atomic mass is 10.1. The fourth-order valence-corrected chi connectivity index (χ4v) is 4.61. The number of nitrogens with zero attached hydrogens (tertiary/aromatic N) is 1. The second kappa shape index (κ2) is 6.03. The van der Waals surface area contributed by atoms with Crippen LogP contribution in [0.15, 0.2) is 22.7 Å². The van der Waals surface area contributed by atoms with Crippen LogP contribution in [0.1, 0.15) is 23.7 Å². The van der Waals surface area contributed by atoms with Crippen molar-refractivity contribution in [3.05, 3.63) is 33.3 Å². The van der Waals surface area contributed by atoms with Gasteiger partial charge in [0.1, 0.15) is 0 Å². The standard InChI is InChI=1S/C13H15BrClNO3S/c1-2-16(10-5-6-20(18,19)8-10)13(17)9-3-4-12(15)11(14)7-9/h3-4,7,10H,2,5-6,8H2,1H3. The highest BCUT2D eigenvalue weighted by Gasteiger charge is 2.34. The molecule has 0 aromatic heterocycles. The lowest BCUT2D eigenvalue weighted by Gasteiger charge is -2.27. The number of hydrogen-bond acceptors (Lipinski definition) is 3. The first-order valence-electron chi connectivity index (χ1n) is 6.30. The molecule has 7 heteroatoms. The van der Waals surface area contributed by atoms with E-state index < -0.39 is 9.84 Å². The lowest BCUT2D eigenvalue weighted by molar-refractivity contribution is 0.0708. The zero-order valence-corrected chi connectivity index (χ0v) is 14.1. The van der Waals surface area contributed by atoms with Crippen LogP contribution in [-0.2, 0) is 9.84 Å². The SMILES string of the molecule is CCN(C(=O)c1ccc(Cl)c(Br)c1)C1CCS(=O)(=O)C1. The molecular weight excluding hydrogens is 366 g/mol. The van der Waals surface area contributed by atoms with Crippen LogP contribution in [0.4, 0.5) is 0 Å². The summed E-state index contributed by atoms with van der Waals surface area (Å²) in [7, 11) is -3.01. The van der Waals surface area contributed by atoms with Crippen LogP contribution in [0.2, 0.25) is 5.02 Å². The first kappa shape index (κ1) is 15.8. The summed E-state index contributed by atoms with van der Waals surface area (Å²) in [6.45, 7) is 2.34. The summed E-state index contributed by atoms with van der Waals surface area (Å²) in [6.07, 6.45) is 0.511. The van der Waals surface area contributed by atoms with Crippen LogP contribution in [0.5, 0.6) is 0 Å². The summed E-state index contributed by atoms with van der Waals surface area (Å²) >= 11 is 9.20. The lowest BCUT2D eigenvalue weighted by Crippen LogP contribution is -2.40. The van der Waals surface area contributed by atoms with Crippen molar-refractivity contribution in [2.75, 3.05) is 18.1 Å². The summed E-state index contributed by atoms with van der Waals surface area (Å²) in [5, 5.41) is 0.535. The van der Waals surface area contributed by atoms with Crippen molar-refractivity contribution in [2.45, 2.75) is 19.4 Å². The number of rotatable bonds is 3. The Kier molecular flexibility index (Phi) is 4.76. The number of hydrogen-bond donors (Lipinski definition) is 0. The zero-order chi connectivity index (χ0) is 14.9. The van der Waals surface area contributed by atoms with Crippen molar-refractivity contribution >= 4 is 43.3 Å². The van der Waals surface area contributed by atoms with E-state index in [0.717, 1.165) is 0 Å². The highest BCUT2D eigenvalue weighted by atomic mass is 79.9. The Bertz CT molecular complexity index is 633. The Balaban J connectivity index is 2.23. The summed E-state index contributed by atoms with van der Waals surface area (Å²) in [6, 6.07) is 4.74. The molecule has 1 aliphatic heterocycles. The van der Waals surface area contributed by atoms with Crippen molar-refractivity contribution in [3.8, 4) is 0 Å². The van der Waals surface area contributed by atoms with E-state index in [2.05, 4.69) is 15.9 Å². The third kappa shape index (κ3) is 3.35. The van der Waals surface area contributed by atoms with Crippen molar-refractivity contribution in [2.24, 2.45) is 0 Å². The van der Waals surface area contributed by atoms with Crippen molar-refractivity contribution in [1.29, 1.82) is 0 Å². The van der Waals surface area contributed by atoms with Gasteiger partial charge < -0.3 is 4.90 Å². The van der Waals surface area contributed by atoms with E-state index in [1.165, 1.54) is 0 Å². The van der Waals surface area contributed by atoms with Gasteiger partial charge in [0.15, 0.2) is 9.84 Å². The second-order valence-corrected chi connectivity index (χ2v) is 8.27. The van der Waals surface area contributed by atoms with Crippen LogP contribution < -0.4 is 0 Å². The monoisotopic (exact) mass is 379 g/mol. The molecule has 1 heterocycles. The van der Waals surface area contributed by atoms with Gasteiger partial charge in [-0.3, -0.25) is 4.79 Å². The third-order valence-corrected chi connectivity index (χ3v) is 6.38. The maximum absolute atomic E-state index is 12.5. The smallest absolute Gasteiger partial charge is 0.254 e. The van der Waals surface area contributed by atoms with Gasteiger partial charge in [0.2, 0.25) is 0 Å². The molecule has 110 valence electrons. The topological polar surface area (TPSA) is 54.5 Å². The van der Waals surface area contributed by atoms with Crippen LogP contribution in [-0.4, -0.2) is 43.3 Å². The van der Waals surface area contributed by atoms with Gasteiger partial charge in [0.25, 0.3) is 5.91 Å². The Morgan fingerprint density at radius 1 is 1.50 bits per heavy atom. The minimum atomic E-state index is -3.01. The van der Waals surface area contributed by atoms with Gasteiger partial charge >= 0.3 is 0 Å². The summed E-state index contributed by atoms with van der Waals surface area (Å²) in [5.41, 5.74) is 0.507. The summed E-state index contributed by atoms with van der Waals surface area (Å²) < 4.78 is 23.8. The van der Waals surface area contributed by atoms with Crippen molar-refractivity contribution in [3.63, 3.8) is 0 Å². The van der Waals surface area contributed by atoms with Crippen molar-refractivity contribution < 1.29 is 13.2 Å². The minimum Gasteiger partial charge on any atom is -0.335 e. The average Bonchev–Trinajstić information content (AvgIpc) is 2.74. The maximum atomic E-state index is 12.5. The predicted molar refractivity (Wildman–Crippen MR) is 82.9 cm³/mol. The number of amides is 1. The molecule has 4 nitrogen and oxygen atoms in total. The molecular formula is C13H15BrClNO3S. The molecule has 0 bridgehead atoms. The largest absolute Gasteiger partial charge is 0.335 e. The van der Waals surface area contributed by atoms with E-state index in [0.29, 0.717) is 28.0 Å². The zero-order valence-electron chi connectivity index (χ0n) is 11.0. The summed E-state index contributed by atoms with van der Waals surface area (Å²) in [4.78, 5) is 14.1. The Labute approximate surface area is 132 Å². The molecule has 0 saturated carbocycles. The fourth-order valence-electron chi connectivity index (χ4n) is 2.38. The van der Waals surface area contributed by atoms with Gasteiger partial charge in [-0.25, -0.2) is 8.42 Å². The Morgan fingerprint density at radius 2 is 2.20 bits per heavy atom. The molecule has 1 fully saturated rings. The number of sulfone groups is 1. The Hall–Kier alpha value is -0.590.